The van der Waals surface area contributed by atoms with Gasteiger partial charge < -0.3 is 14.5 Å². The Morgan fingerprint density at radius 2 is 1.60 bits per heavy atom. The van der Waals surface area contributed by atoms with Crippen molar-refractivity contribution in [2.24, 2.45) is 0 Å². The second-order valence-electron chi connectivity index (χ2n) is 11.0. The Morgan fingerprint density at radius 3 is 2.14 bits per heavy atom. The first kappa shape index (κ1) is 43.5. The molecule has 0 radical (unpaired) electrons. The minimum Gasteiger partial charge on any atom is -0.383 e. The highest BCUT2D eigenvalue weighted by Crippen LogP contribution is 2.31. The Morgan fingerprint density at radius 1 is 0.907 bits per heavy atom. The SMILES string of the molecule is C=CCCN(CCN(CCCN(CCC)CCOC)C(C)/C=C/Cl)c1cc(C=O)ccc1C(C)CCC.CC.CCCC. The van der Waals surface area contributed by atoms with Gasteiger partial charge in [-0.3, -0.25) is 9.69 Å². The number of rotatable bonds is 23. The van der Waals surface area contributed by atoms with Gasteiger partial charge in [0.25, 0.3) is 0 Å². The van der Waals surface area contributed by atoms with E-state index >= 15 is 0 Å². The van der Waals surface area contributed by atoms with E-state index in [9.17, 15) is 4.79 Å². The van der Waals surface area contributed by atoms with Gasteiger partial charge in [0.15, 0.2) is 0 Å². The maximum absolute atomic E-state index is 11.6. The number of nitrogens with zero attached hydrogens (tertiary/aromatic N) is 3. The third-order valence-corrected chi connectivity index (χ3v) is 7.69. The van der Waals surface area contributed by atoms with Crippen LogP contribution < -0.4 is 4.90 Å². The molecule has 1 aromatic carbocycles. The van der Waals surface area contributed by atoms with Crippen molar-refractivity contribution >= 4 is 23.6 Å². The van der Waals surface area contributed by atoms with Crippen molar-refractivity contribution in [3.63, 3.8) is 0 Å². The fourth-order valence-electron chi connectivity index (χ4n) is 4.88. The molecule has 1 rings (SSSR count). The number of unbranched alkanes of at least 4 members (excludes halogenated alkanes) is 1. The van der Waals surface area contributed by atoms with E-state index in [1.165, 1.54) is 24.1 Å². The van der Waals surface area contributed by atoms with Gasteiger partial charge in [-0.25, -0.2) is 0 Å². The average Bonchev–Trinajstić information content (AvgIpc) is 3.03. The Kier molecular flexibility index (Phi) is 30.7. The number of carbonyl (C=O) groups is 1. The molecule has 6 heteroatoms. The zero-order valence-electron chi connectivity index (χ0n) is 29.5. The number of hydrogen-bond donors (Lipinski definition) is 0. The highest BCUT2D eigenvalue weighted by molar-refractivity contribution is 6.25. The maximum atomic E-state index is 11.6. The largest absolute Gasteiger partial charge is 0.383 e. The number of hydrogen-bond acceptors (Lipinski definition) is 5. The zero-order chi connectivity index (χ0) is 32.9. The molecule has 0 aliphatic rings. The Bertz CT molecular complexity index is 815. The Labute approximate surface area is 272 Å². The first-order valence-corrected chi connectivity index (χ1v) is 17.5. The van der Waals surface area contributed by atoms with E-state index in [-0.39, 0.29) is 6.04 Å². The molecule has 0 heterocycles. The quantitative estimate of drug-likeness (QED) is 0.0897. The second kappa shape index (κ2) is 30.4. The first-order chi connectivity index (χ1) is 20.9. The summed E-state index contributed by atoms with van der Waals surface area (Å²) >= 11 is 5.99. The summed E-state index contributed by atoms with van der Waals surface area (Å²) in [6, 6.07) is 6.42. The molecule has 1 aromatic rings. The number of methoxy groups -OCH3 is 1. The molecule has 0 saturated carbocycles. The lowest BCUT2D eigenvalue weighted by Gasteiger charge is -2.34. The minimum absolute atomic E-state index is 0.247. The summed E-state index contributed by atoms with van der Waals surface area (Å²) in [5, 5.41) is 0. The smallest absolute Gasteiger partial charge is 0.150 e. The van der Waals surface area contributed by atoms with Crippen LogP contribution in [0.2, 0.25) is 0 Å². The monoisotopic (exact) mass is 622 g/mol. The highest BCUT2D eigenvalue weighted by Gasteiger charge is 2.19. The lowest BCUT2D eigenvalue weighted by Crippen LogP contribution is -2.41. The van der Waals surface area contributed by atoms with E-state index in [4.69, 9.17) is 16.3 Å². The molecule has 250 valence electrons. The molecule has 2 atom stereocenters. The summed E-state index contributed by atoms with van der Waals surface area (Å²) in [6.45, 7) is 28.9. The van der Waals surface area contributed by atoms with Crippen LogP contribution in [0.5, 0.6) is 0 Å². The van der Waals surface area contributed by atoms with E-state index in [0.29, 0.717) is 5.92 Å². The molecule has 0 aliphatic heterocycles. The van der Waals surface area contributed by atoms with Gasteiger partial charge in [0.05, 0.1) is 6.61 Å². The standard InChI is InChI=1S/C31H52ClN3O2.C4H10.C2H6/c1-7-10-19-35(31-25-29(26-36)13-14-30(31)27(4)12-8-2)22-21-34(28(5)15-16-32)20-11-18-33(17-9-3)23-24-37-6;1-3-4-2;1-2/h7,13-16,25-28H,1,8-12,17-24H2,2-6H3;3-4H2,1-2H3;1-2H3/b16-15+;;. The fourth-order valence-corrected chi connectivity index (χ4v) is 5.09. The van der Waals surface area contributed by atoms with Crippen LogP contribution in [0, 0.1) is 0 Å². The number of anilines is 1. The van der Waals surface area contributed by atoms with Crippen molar-refractivity contribution in [3.8, 4) is 0 Å². The zero-order valence-corrected chi connectivity index (χ0v) is 30.3. The van der Waals surface area contributed by atoms with Crippen molar-refractivity contribution in [1.82, 2.24) is 9.80 Å². The number of halogens is 1. The van der Waals surface area contributed by atoms with E-state index in [0.717, 1.165) is 96.4 Å². The summed E-state index contributed by atoms with van der Waals surface area (Å²) in [5.74, 6) is 0.442. The molecular formula is C37H68ClN3O2. The molecule has 0 fully saturated rings. The van der Waals surface area contributed by atoms with E-state index in [1.807, 2.05) is 26.0 Å². The van der Waals surface area contributed by atoms with Crippen molar-refractivity contribution in [1.29, 1.82) is 0 Å². The molecule has 0 spiro atoms. The molecule has 2 unspecified atom stereocenters. The Balaban J connectivity index is 0. The molecule has 5 nitrogen and oxygen atoms in total. The Hall–Kier alpha value is -1.66. The normalized spacial score (nSPS) is 12.4. The molecule has 0 amide bonds. The van der Waals surface area contributed by atoms with Crippen LogP contribution in [-0.4, -0.2) is 81.7 Å². The summed E-state index contributed by atoms with van der Waals surface area (Å²) in [7, 11) is 1.77. The topological polar surface area (TPSA) is 36.0 Å². The van der Waals surface area contributed by atoms with E-state index < -0.39 is 0 Å². The molecule has 43 heavy (non-hydrogen) atoms. The first-order valence-electron chi connectivity index (χ1n) is 17.0. The van der Waals surface area contributed by atoms with Gasteiger partial charge in [-0.05, 0) is 63.2 Å². The summed E-state index contributed by atoms with van der Waals surface area (Å²) in [6.07, 6.45) is 13.0. The second-order valence-corrected chi connectivity index (χ2v) is 11.2. The number of carbonyl (C=O) groups excluding carboxylic acids is 1. The van der Waals surface area contributed by atoms with Crippen LogP contribution in [-0.2, 0) is 4.74 Å². The fraction of sp³-hybridized carbons (Fsp3) is 0.703. The van der Waals surface area contributed by atoms with Crippen LogP contribution in [0.4, 0.5) is 5.69 Å². The maximum Gasteiger partial charge on any atom is 0.150 e. The molecular weight excluding hydrogens is 554 g/mol. The van der Waals surface area contributed by atoms with Gasteiger partial charge in [-0.15, -0.1) is 6.58 Å². The van der Waals surface area contributed by atoms with E-state index in [2.05, 4.69) is 81.0 Å². The van der Waals surface area contributed by atoms with Gasteiger partial charge in [0.2, 0.25) is 0 Å². The summed E-state index contributed by atoms with van der Waals surface area (Å²) < 4.78 is 5.30. The molecule has 0 saturated heterocycles. The molecule has 0 aromatic heterocycles. The van der Waals surface area contributed by atoms with Crippen molar-refractivity contribution in [3.05, 3.63) is 53.6 Å². The molecule has 0 N–H and O–H groups in total. The molecule has 0 aliphatic carbocycles. The average molecular weight is 622 g/mol. The number of aldehydes is 1. The molecule has 0 bridgehead atoms. The van der Waals surface area contributed by atoms with Gasteiger partial charge >= 0.3 is 0 Å². The highest BCUT2D eigenvalue weighted by atomic mass is 35.5. The van der Waals surface area contributed by atoms with Crippen molar-refractivity contribution in [2.45, 2.75) is 112 Å². The van der Waals surface area contributed by atoms with Gasteiger partial charge in [0, 0.05) is 62.7 Å². The van der Waals surface area contributed by atoms with Crippen LogP contribution in [0.3, 0.4) is 0 Å². The lowest BCUT2D eigenvalue weighted by atomic mass is 9.93. The van der Waals surface area contributed by atoms with E-state index in [1.54, 1.807) is 12.6 Å². The lowest BCUT2D eigenvalue weighted by molar-refractivity contribution is 0.112. The van der Waals surface area contributed by atoms with Gasteiger partial charge in [-0.1, -0.05) is 104 Å². The van der Waals surface area contributed by atoms with Crippen LogP contribution in [0.15, 0.2) is 42.5 Å². The predicted octanol–water partition coefficient (Wildman–Crippen LogP) is 9.81. The third-order valence-electron chi connectivity index (χ3n) is 7.54. The van der Waals surface area contributed by atoms with Crippen LogP contribution >= 0.6 is 11.6 Å². The third kappa shape index (κ3) is 20.1. The summed E-state index contributed by atoms with van der Waals surface area (Å²) in [5.41, 5.74) is 4.87. The van der Waals surface area contributed by atoms with Crippen LogP contribution in [0.1, 0.15) is 122 Å². The number of ether oxygens (including phenoxy) is 1. The van der Waals surface area contributed by atoms with Gasteiger partial charge in [0.1, 0.15) is 6.29 Å². The summed E-state index contributed by atoms with van der Waals surface area (Å²) in [4.78, 5) is 19.1. The van der Waals surface area contributed by atoms with Crippen molar-refractivity contribution in [2.75, 3.05) is 64.4 Å². The van der Waals surface area contributed by atoms with Gasteiger partial charge in [-0.2, -0.15) is 0 Å². The minimum atomic E-state index is 0.247. The predicted molar refractivity (Wildman–Crippen MR) is 193 cm³/mol. The van der Waals surface area contributed by atoms with Crippen LogP contribution in [0.25, 0.3) is 0 Å². The number of benzene rings is 1. The van der Waals surface area contributed by atoms with Crippen molar-refractivity contribution < 1.29 is 9.53 Å².